The van der Waals surface area contributed by atoms with Crippen molar-refractivity contribution in [2.24, 2.45) is 5.73 Å². The van der Waals surface area contributed by atoms with E-state index < -0.39 is 0 Å². The first-order valence-electron chi connectivity index (χ1n) is 6.42. The van der Waals surface area contributed by atoms with Crippen LogP contribution in [0.3, 0.4) is 0 Å². The van der Waals surface area contributed by atoms with E-state index in [1.54, 1.807) is 0 Å². The fourth-order valence-electron chi connectivity index (χ4n) is 2.33. The molecule has 0 aliphatic carbocycles. The van der Waals surface area contributed by atoms with Crippen LogP contribution in [0.5, 0.6) is 0 Å². The van der Waals surface area contributed by atoms with Crippen molar-refractivity contribution >= 4 is 26.7 Å². The van der Waals surface area contributed by atoms with E-state index in [4.69, 9.17) is 5.73 Å². The number of hydrogen-bond donors (Lipinski definition) is 1. The van der Waals surface area contributed by atoms with E-state index in [-0.39, 0.29) is 0 Å². The third kappa shape index (κ3) is 2.03. The quantitative estimate of drug-likeness (QED) is 0.784. The van der Waals surface area contributed by atoms with Crippen molar-refractivity contribution < 1.29 is 0 Å². The van der Waals surface area contributed by atoms with Gasteiger partial charge >= 0.3 is 0 Å². The summed E-state index contributed by atoms with van der Waals surface area (Å²) in [6.07, 6.45) is 0. The highest BCUT2D eigenvalue weighted by Crippen LogP contribution is 2.26. The minimum absolute atomic E-state index is 0.415. The topological polar surface area (TPSA) is 56.7 Å². The van der Waals surface area contributed by atoms with Crippen LogP contribution in [0.25, 0.3) is 16.6 Å². The van der Waals surface area contributed by atoms with Gasteiger partial charge in [0.25, 0.3) is 0 Å². The highest BCUT2D eigenvalue weighted by Gasteiger charge is 2.14. The maximum Gasteiger partial charge on any atom is 0.161 e. The van der Waals surface area contributed by atoms with Crippen molar-refractivity contribution in [1.29, 1.82) is 0 Å². The third-order valence-electron chi connectivity index (χ3n) is 3.39. The molecule has 0 aliphatic rings. The monoisotopic (exact) mass is 330 g/mol. The molecule has 0 bridgehead atoms. The minimum atomic E-state index is 0.415. The Kier molecular flexibility index (Phi) is 3.31. The van der Waals surface area contributed by atoms with Gasteiger partial charge in [-0.05, 0) is 41.2 Å². The van der Waals surface area contributed by atoms with E-state index in [0.717, 1.165) is 38.1 Å². The first-order chi connectivity index (χ1) is 9.61. The van der Waals surface area contributed by atoms with Gasteiger partial charge in [0.2, 0.25) is 0 Å². The molecule has 0 fully saturated rings. The predicted octanol–water partition coefficient (Wildman–Crippen LogP) is 3.26. The second-order valence-corrected chi connectivity index (χ2v) is 5.55. The molecule has 0 saturated heterocycles. The molecular formula is C15H15BrN4. The molecule has 0 aliphatic heterocycles. The zero-order chi connectivity index (χ0) is 14.3. The summed E-state index contributed by atoms with van der Waals surface area (Å²) in [5.41, 5.74) is 8.61. The Morgan fingerprint density at radius 1 is 1.25 bits per heavy atom. The molecule has 2 N–H and O–H groups in total. The Morgan fingerprint density at radius 3 is 2.65 bits per heavy atom. The second kappa shape index (κ2) is 5.00. The number of benzene rings is 1. The number of fused-ring (bicyclic) bond motifs is 1. The fourth-order valence-corrected chi connectivity index (χ4v) is 2.58. The number of aromatic nitrogens is 3. The standard InChI is InChI=1S/C15H15BrN4/c1-9-14(16)10(2)20(19-9)15-13-6-4-3-5-11(13)7-12(8-17)18-15/h3-7H,8,17H2,1-2H3. The van der Waals surface area contributed by atoms with Gasteiger partial charge in [0.15, 0.2) is 5.82 Å². The van der Waals surface area contributed by atoms with Gasteiger partial charge in [0.05, 0.1) is 21.6 Å². The fraction of sp³-hybridized carbons (Fsp3) is 0.200. The number of rotatable bonds is 2. The number of aryl methyl sites for hydroxylation is 1. The first kappa shape index (κ1) is 13.3. The Morgan fingerprint density at radius 2 is 2.00 bits per heavy atom. The highest BCUT2D eigenvalue weighted by atomic mass is 79.9. The average molecular weight is 331 g/mol. The lowest BCUT2D eigenvalue weighted by molar-refractivity contribution is 0.802. The van der Waals surface area contributed by atoms with Crippen LogP contribution in [-0.2, 0) is 6.54 Å². The first-order valence-corrected chi connectivity index (χ1v) is 7.22. The molecule has 2 heterocycles. The van der Waals surface area contributed by atoms with Crippen LogP contribution in [0.2, 0.25) is 0 Å². The Hall–Kier alpha value is -1.72. The maximum absolute atomic E-state index is 5.76. The molecule has 0 spiro atoms. The summed E-state index contributed by atoms with van der Waals surface area (Å²) in [6, 6.07) is 10.2. The number of nitrogens with two attached hydrogens (primary N) is 1. The zero-order valence-electron chi connectivity index (χ0n) is 11.4. The van der Waals surface area contributed by atoms with Crippen molar-refractivity contribution in [3.63, 3.8) is 0 Å². The molecule has 0 saturated carbocycles. The summed E-state index contributed by atoms with van der Waals surface area (Å²) in [4.78, 5) is 4.66. The second-order valence-electron chi connectivity index (χ2n) is 4.76. The van der Waals surface area contributed by atoms with E-state index in [9.17, 15) is 0 Å². The molecular weight excluding hydrogens is 316 g/mol. The van der Waals surface area contributed by atoms with Crippen LogP contribution >= 0.6 is 15.9 Å². The maximum atomic E-state index is 5.76. The Labute approximate surface area is 125 Å². The van der Waals surface area contributed by atoms with Crippen LogP contribution in [0, 0.1) is 13.8 Å². The summed E-state index contributed by atoms with van der Waals surface area (Å²) in [5.74, 6) is 0.829. The number of hydrogen-bond acceptors (Lipinski definition) is 3. The normalized spacial score (nSPS) is 11.2. The molecule has 2 aromatic heterocycles. The lowest BCUT2D eigenvalue weighted by Gasteiger charge is -2.10. The molecule has 5 heteroatoms. The summed E-state index contributed by atoms with van der Waals surface area (Å²) in [6.45, 7) is 4.41. The lowest BCUT2D eigenvalue weighted by atomic mass is 10.1. The summed E-state index contributed by atoms with van der Waals surface area (Å²) in [7, 11) is 0. The van der Waals surface area contributed by atoms with Crippen molar-refractivity contribution in [2.45, 2.75) is 20.4 Å². The molecule has 3 rings (SSSR count). The predicted molar refractivity (Wildman–Crippen MR) is 83.9 cm³/mol. The third-order valence-corrected chi connectivity index (χ3v) is 4.53. The highest BCUT2D eigenvalue weighted by molar-refractivity contribution is 9.10. The van der Waals surface area contributed by atoms with Gasteiger partial charge in [-0.15, -0.1) is 0 Å². The molecule has 4 nitrogen and oxygen atoms in total. The smallest absolute Gasteiger partial charge is 0.161 e. The van der Waals surface area contributed by atoms with Crippen LogP contribution in [-0.4, -0.2) is 14.8 Å². The lowest BCUT2D eigenvalue weighted by Crippen LogP contribution is -2.07. The summed E-state index contributed by atoms with van der Waals surface area (Å²) in [5, 5.41) is 6.77. The van der Waals surface area contributed by atoms with E-state index >= 15 is 0 Å². The molecule has 0 amide bonds. The van der Waals surface area contributed by atoms with Gasteiger partial charge in [0.1, 0.15) is 0 Å². The zero-order valence-corrected chi connectivity index (χ0v) is 13.0. The SMILES string of the molecule is Cc1nn(-c2nc(CN)cc3ccccc23)c(C)c1Br. The molecule has 3 aromatic rings. The van der Waals surface area contributed by atoms with Gasteiger partial charge in [-0.2, -0.15) is 5.10 Å². The van der Waals surface area contributed by atoms with E-state index in [2.05, 4.69) is 38.1 Å². The van der Waals surface area contributed by atoms with Crippen molar-refractivity contribution in [2.75, 3.05) is 0 Å². The Balaban J connectivity index is 2.37. The van der Waals surface area contributed by atoms with Gasteiger partial charge < -0.3 is 5.73 Å². The molecule has 102 valence electrons. The number of nitrogens with zero attached hydrogens (tertiary/aromatic N) is 3. The van der Waals surface area contributed by atoms with E-state index in [1.165, 1.54) is 0 Å². The molecule has 0 radical (unpaired) electrons. The Bertz CT molecular complexity index is 792. The minimum Gasteiger partial charge on any atom is -0.325 e. The van der Waals surface area contributed by atoms with Crippen molar-refractivity contribution in [3.8, 4) is 5.82 Å². The molecule has 1 aromatic carbocycles. The van der Waals surface area contributed by atoms with Crippen molar-refractivity contribution in [1.82, 2.24) is 14.8 Å². The van der Waals surface area contributed by atoms with Crippen LogP contribution in [0.1, 0.15) is 17.1 Å². The largest absolute Gasteiger partial charge is 0.325 e. The van der Waals surface area contributed by atoms with Gasteiger partial charge in [0, 0.05) is 11.9 Å². The van der Waals surface area contributed by atoms with Crippen LogP contribution in [0.15, 0.2) is 34.8 Å². The van der Waals surface area contributed by atoms with E-state index in [0.29, 0.717) is 6.54 Å². The molecule has 20 heavy (non-hydrogen) atoms. The molecule has 0 unspecified atom stereocenters. The summed E-state index contributed by atoms with van der Waals surface area (Å²) < 4.78 is 2.89. The summed E-state index contributed by atoms with van der Waals surface area (Å²) >= 11 is 3.56. The molecule has 0 atom stereocenters. The van der Waals surface area contributed by atoms with Crippen molar-refractivity contribution in [3.05, 3.63) is 51.9 Å². The number of pyridine rings is 1. The van der Waals surface area contributed by atoms with E-state index in [1.807, 2.05) is 36.7 Å². The van der Waals surface area contributed by atoms with Gasteiger partial charge in [-0.3, -0.25) is 0 Å². The average Bonchev–Trinajstić information content (AvgIpc) is 2.73. The van der Waals surface area contributed by atoms with Crippen LogP contribution < -0.4 is 5.73 Å². The van der Waals surface area contributed by atoms with Gasteiger partial charge in [-0.25, -0.2) is 9.67 Å². The number of halogens is 1. The van der Waals surface area contributed by atoms with Crippen LogP contribution in [0.4, 0.5) is 0 Å². The van der Waals surface area contributed by atoms with Gasteiger partial charge in [-0.1, -0.05) is 24.3 Å².